The molecule has 4 rings (SSSR count). The van der Waals surface area contributed by atoms with E-state index in [1.807, 2.05) is 60.7 Å². The number of nitrogens with zero attached hydrogens (tertiary/aromatic N) is 4. The van der Waals surface area contributed by atoms with Gasteiger partial charge in [0, 0.05) is 18.2 Å². The lowest BCUT2D eigenvalue weighted by Crippen LogP contribution is -2.15. The molecule has 0 aliphatic heterocycles. The minimum absolute atomic E-state index is 0.0512. The molecular weight excluding hydrogens is 439 g/mol. The van der Waals surface area contributed by atoms with Gasteiger partial charge < -0.3 is 0 Å². The number of halogens is 5. The molecule has 1 heterocycles. The normalized spacial score (nSPS) is 11.2. The first-order valence-electron chi connectivity index (χ1n) is 9.66. The summed E-state index contributed by atoms with van der Waals surface area (Å²) in [6.07, 6.45) is 0.539. The van der Waals surface area contributed by atoms with Crippen molar-refractivity contribution in [1.82, 2.24) is 9.97 Å². The maximum absolute atomic E-state index is 14.0. The van der Waals surface area contributed by atoms with E-state index in [-0.39, 0.29) is 5.95 Å². The molecule has 0 unspecified atom stereocenters. The predicted molar refractivity (Wildman–Crippen MR) is 115 cm³/mol. The lowest BCUT2D eigenvalue weighted by atomic mass is 10.1. The monoisotopic (exact) mass is 454 g/mol. The van der Waals surface area contributed by atoms with Gasteiger partial charge in [-0.2, -0.15) is 5.10 Å². The van der Waals surface area contributed by atoms with Crippen molar-refractivity contribution in [3.05, 3.63) is 101 Å². The fourth-order valence-electron chi connectivity index (χ4n) is 3.02. The molecule has 166 valence electrons. The van der Waals surface area contributed by atoms with Crippen LogP contribution in [0.1, 0.15) is 5.56 Å². The number of benzene rings is 3. The maximum Gasteiger partial charge on any atom is 0.247 e. The molecule has 1 aromatic heterocycles. The molecule has 0 fully saturated rings. The van der Waals surface area contributed by atoms with Crippen molar-refractivity contribution in [1.29, 1.82) is 0 Å². The number of hydrogen-bond acceptors (Lipinski definition) is 4. The highest BCUT2D eigenvalue weighted by molar-refractivity contribution is 5.81. The Hall–Kier alpha value is -4.14. The summed E-state index contributed by atoms with van der Waals surface area (Å²) < 4.78 is 68.1. The molecule has 0 bridgehead atoms. The van der Waals surface area contributed by atoms with Crippen molar-refractivity contribution >= 4 is 12.2 Å². The highest BCUT2D eigenvalue weighted by atomic mass is 19.2. The van der Waals surface area contributed by atoms with Gasteiger partial charge >= 0.3 is 0 Å². The molecule has 0 atom stereocenters. The molecule has 0 saturated heterocycles. The third kappa shape index (κ3) is 4.43. The first-order chi connectivity index (χ1) is 15.9. The zero-order chi connectivity index (χ0) is 23.5. The molecule has 0 aliphatic carbocycles. The van der Waals surface area contributed by atoms with Crippen LogP contribution in [0.25, 0.3) is 22.5 Å². The zero-order valence-corrected chi connectivity index (χ0v) is 17.1. The van der Waals surface area contributed by atoms with E-state index in [9.17, 15) is 22.0 Å². The number of hydrazone groups is 1. The third-order valence-electron chi connectivity index (χ3n) is 4.75. The quantitative estimate of drug-likeness (QED) is 0.123. The minimum Gasteiger partial charge on any atom is -0.235 e. The van der Waals surface area contributed by atoms with Gasteiger partial charge in [-0.05, 0) is 6.07 Å². The van der Waals surface area contributed by atoms with Crippen LogP contribution < -0.4 is 5.01 Å². The summed E-state index contributed by atoms with van der Waals surface area (Å²) >= 11 is 0. The summed E-state index contributed by atoms with van der Waals surface area (Å²) in [4.78, 5) is 8.88. The van der Waals surface area contributed by atoms with E-state index in [0.29, 0.717) is 17.6 Å². The fourth-order valence-corrected chi connectivity index (χ4v) is 3.02. The van der Waals surface area contributed by atoms with Gasteiger partial charge in [0.2, 0.25) is 11.8 Å². The van der Waals surface area contributed by atoms with Crippen LogP contribution in [0, 0.1) is 29.1 Å². The molecule has 9 heteroatoms. The van der Waals surface area contributed by atoms with Crippen molar-refractivity contribution in [2.45, 2.75) is 0 Å². The fraction of sp³-hybridized carbons (Fsp3) is 0.0417. The summed E-state index contributed by atoms with van der Waals surface area (Å²) in [6, 6.07) is 20.2. The van der Waals surface area contributed by atoms with Crippen LogP contribution in [0.5, 0.6) is 0 Å². The molecule has 33 heavy (non-hydrogen) atoms. The average molecular weight is 454 g/mol. The van der Waals surface area contributed by atoms with E-state index in [1.54, 1.807) is 6.07 Å². The Kier molecular flexibility index (Phi) is 6.12. The summed E-state index contributed by atoms with van der Waals surface area (Å²) in [6.45, 7) is 0. The Morgan fingerprint density at radius 1 is 0.667 bits per heavy atom. The van der Waals surface area contributed by atoms with Crippen molar-refractivity contribution < 1.29 is 22.0 Å². The van der Waals surface area contributed by atoms with Crippen LogP contribution >= 0.6 is 0 Å². The van der Waals surface area contributed by atoms with Gasteiger partial charge in [0.05, 0.1) is 23.2 Å². The minimum atomic E-state index is -2.23. The number of anilines is 1. The molecule has 4 aromatic rings. The van der Waals surface area contributed by atoms with E-state index < -0.39 is 34.6 Å². The second kappa shape index (κ2) is 9.15. The summed E-state index contributed by atoms with van der Waals surface area (Å²) in [5, 5.41) is 4.90. The number of rotatable bonds is 5. The molecule has 3 aromatic carbocycles. The lowest BCUT2D eigenvalue weighted by molar-refractivity contribution is 0.377. The van der Waals surface area contributed by atoms with Crippen LogP contribution in [-0.2, 0) is 0 Å². The second-order valence-electron chi connectivity index (χ2n) is 6.92. The number of aromatic nitrogens is 2. The van der Waals surface area contributed by atoms with Crippen molar-refractivity contribution in [2.75, 3.05) is 12.1 Å². The van der Waals surface area contributed by atoms with Gasteiger partial charge in [-0.15, -0.1) is 0 Å². The smallest absolute Gasteiger partial charge is 0.235 e. The SMILES string of the molecule is CN(/N=C\c1c(F)c(F)c(F)c(F)c1F)c1nc(-c2ccccc2)cc(-c2ccccc2)n1. The lowest BCUT2D eigenvalue weighted by Gasteiger charge is -2.14. The maximum atomic E-state index is 14.0. The predicted octanol–water partition coefficient (Wildman–Crippen LogP) is 5.98. The van der Waals surface area contributed by atoms with E-state index in [2.05, 4.69) is 15.1 Å². The summed E-state index contributed by atoms with van der Waals surface area (Å²) in [7, 11) is 1.39. The molecular formula is C24H15F5N4. The van der Waals surface area contributed by atoms with E-state index in [4.69, 9.17) is 0 Å². The van der Waals surface area contributed by atoms with Crippen molar-refractivity contribution in [3.8, 4) is 22.5 Å². The second-order valence-corrected chi connectivity index (χ2v) is 6.92. The van der Waals surface area contributed by atoms with Crippen LogP contribution in [0.4, 0.5) is 27.9 Å². The van der Waals surface area contributed by atoms with Crippen molar-refractivity contribution in [3.63, 3.8) is 0 Å². The average Bonchev–Trinajstić information content (AvgIpc) is 2.87. The molecule has 0 spiro atoms. The first kappa shape index (κ1) is 22.1. The Morgan fingerprint density at radius 2 is 1.09 bits per heavy atom. The molecule has 0 saturated carbocycles. The number of hydrogen-bond donors (Lipinski definition) is 0. The topological polar surface area (TPSA) is 41.4 Å². The van der Waals surface area contributed by atoms with E-state index >= 15 is 0 Å². The Balaban J connectivity index is 1.77. The van der Waals surface area contributed by atoms with Crippen LogP contribution in [0.3, 0.4) is 0 Å². The van der Waals surface area contributed by atoms with E-state index in [0.717, 1.165) is 16.1 Å². The highest BCUT2D eigenvalue weighted by Gasteiger charge is 2.25. The summed E-state index contributed by atoms with van der Waals surface area (Å²) in [5.41, 5.74) is 1.52. The van der Waals surface area contributed by atoms with Gasteiger partial charge in [-0.3, -0.25) is 0 Å². The van der Waals surface area contributed by atoms with Gasteiger partial charge in [-0.1, -0.05) is 60.7 Å². The van der Waals surface area contributed by atoms with Gasteiger partial charge in [0.1, 0.15) is 0 Å². The van der Waals surface area contributed by atoms with Gasteiger partial charge in [0.25, 0.3) is 0 Å². The highest BCUT2D eigenvalue weighted by Crippen LogP contribution is 2.26. The Bertz CT molecular complexity index is 1240. The molecule has 0 N–H and O–H groups in total. The van der Waals surface area contributed by atoms with Crippen LogP contribution in [0.15, 0.2) is 71.8 Å². The Morgan fingerprint density at radius 3 is 1.55 bits per heavy atom. The standard InChI is InChI=1S/C24H15F5N4/c1-33(30-13-16-19(25)21(27)23(29)22(28)20(16)26)24-31-17(14-8-4-2-5-9-14)12-18(32-24)15-10-6-3-7-11-15/h2-13H,1H3/b30-13-. The van der Waals surface area contributed by atoms with Crippen molar-refractivity contribution in [2.24, 2.45) is 5.10 Å². The summed E-state index contributed by atoms with van der Waals surface area (Å²) in [5.74, 6) is -10.2. The van der Waals surface area contributed by atoms with Gasteiger partial charge in [0.15, 0.2) is 23.3 Å². The van der Waals surface area contributed by atoms with E-state index in [1.165, 1.54) is 7.05 Å². The Labute approximate surface area is 185 Å². The first-order valence-corrected chi connectivity index (χ1v) is 9.66. The molecule has 4 nitrogen and oxygen atoms in total. The zero-order valence-electron chi connectivity index (χ0n) is 17.1. The van der Waals surface area contributed by atoms with Gasteiger partial charge in [-0.25, -0.2) is 36.9 Å². The largest absolute Gasteiger partial charge is 0.247 e. The molecule has 0 amide bonds. The van der Waals surface area contributed by atoms with Crippen LogP contribution in [0.2, 0.25) is 0 Å². The molecule has 0 aliphatic rings. The molecule has 0 radical (unpaired) electrons. The third-order valence-corrected chi connectivity index (χ3v) is 4.75. The van der Waals surface area contributed by atoms with Crippen LogP contribution in [-0.4, -0.2) is 23.2 Å².